The zero-order chi connectivity index (χ0) is 19.8. The molecule has 28 heavy (non-hydrogen) atoms. The molecule has 2 aromatic rings. The Kier molecular flexibility index (Phi) is 7.22. The summed E-state index contributed by atoms with van der Waals surface area (Å²) in [6.45, 7) is 2.69. The molecule has 148 valence electrons. The molecular formula is C20H23ClN4O3. The van der Waals surface area contributed by atoms with Gasteiger partial charge in [0.05, 0.1) is 18.7 Å². The zero-order valence-electron chi connectivity index (χ0n) is 15.5. The minimum atomic E-state index is -0.223. The Bertz CT molecular complexity index is 816. The van der Waals surface area contributed by atoms with Crippen LogP contribution in [0.5, 0.6) is 5.75 Å². The first kappa shape index (κ1) is 20.1. The van der Waals surface area contributed by atoms with Gasteiger partial charge in [0.2, 0.25) is 5.91 Å². The van der Waals surface area contributed by atoms with E-state index >= 15 is 0 Å². The van der Waals surface area contributed by atoms with Crippen LogP contribution in [0, 0.1) is 0 Å². The smallest absolute Gasteiger partial charge is 0.255 e. The van der Waals surface area contributed by atoms with Gasteiger partial charge in [-0.2, -0.15) is 0 Å². The van der Waals surface area contributed by atoms with Crippen molar-refractivity contribution in [3.05, 3.63) is 58.9 Å². The highest BCUT2D eigenvalue weighted by Gasteiger charge is 2.16. The number of amides is 2. The Hall–Kier alpha value is -2.64. The predicted molar refractivity (Wildman–Crippen MR) is 106 cm³/mol. The third kappa shape index (κ3) is 5.94. The van der Waals surface area contributed by atoms with Gasteiger partial charge in [-0.15, -0.1) is 0 Å². The van der Waals surface area contributed by atoms with Crippen molar-refractivity contribution in [1.82, 2.24) is 20.5 Å². The van der Waals surface area contributed by atoms with Crippen LogP contribution < -0.4 is 15.4 Å². The first-order valence-corrected chi connectivity index (χ1v) is 9.58. The van der Waals surface area contributed by atoms with Crippen molar-refractivity contribution in [3.8, 4) is 5.75 Å². The maximum Gasteiger partial charge on any atom is 0.255 e. The van der Waals surface area contributed by atoms with Crippen LogP contribution in [-0.2, 0) is 11.3 Å². The molecule has 0 bridgehead atoms. The summed E-state index contributed by atoms with van der Waals surface area (Å²) in [5.41, 5.74) is 1.48. The van der Waals surface area contributed by atoms with Gasteiger partial charge < -0.3 is 15.4 Å². The highest BCUT2D eigenvalue weighted by atomic mass is 35.5. The largest absolute Gasteiger partial charge is 0.491 e. The van der Waals surface area contributed by atoms with Crippen molar-refractivity contribution in [3.63, 3.8) is 0 Å². The lowest BCUT2D eigenvalue weighted by molar-refractivity contribution is -0.122. The second kappa shape index (κ2) is 10.1. The van der Waals surface area contributed by atoms with Crippen molar-refractivity contribution in [2.45, 2.75) is 13.0 Å². The van der Waals surface area contributed by atoms with E-state index in [-0.39, 0.29) is 25.0 Å². The minimum absolute atomic E-state index is 0.0601. The van der Waals surface area contributed by atoms with E-state index in [4.69, 9.17) is 16.3 Å². The van der Waals surface area contributed by atoms with Gasteiger partial charge in [-0.05, 0) is 42.3 Å². The van der Waals surface area contributed by atoms with Crippen molar-refractivity contribution in [2.75, 3.05) is 32.8 Å². The van der Waals surface area contributed by atoms with Crippen molar-refractivity contribution >= 4 is 23.4 Å². The van der Waals surface area contributed by atoms with Crippen LogP contribution >= 0.6 is 11.6 Å². The highest BCUT2D eigenvalue weighted by molar-refractivity contribution is 6.31. The maximum atomic E-state index is 12.5. The van der Waals surface area contributed by atoms with Gasteiger partial charge in [-0.3, -0.25) is 19.5 Å². The summed E-state index contributed by atoms with van der Waals surface area (Å²) in [6.07, 6.45) is 4.18. The molecule has 8 heteroatoms. The molecule has 1 aliphatic heterocycles. The van der Waals surface area contributed by atoms with Gasteiger partial charge >= 0.3 is 0 Å². The summed E-state index contributed by atoms with van der Waals surface area (Å²) >= 11 is 6.03. The first-order valence-electron chi connectivity index (χ1n) is 9.20. The van der Waals surface area contributed by atoms with Crippen molar-refractivity contribution in [1.29, 1.82) is 0 Å². The minimum Gasteiger partial charge on any atom is -0.491 e. The number of ether oxygens (including phenoxy) is 1. The van der Waals surface area contributed by atoms with E-state index in [9.17, 15) is 9.59 Å². The molecule has 0 saturated heterocycles. The Balaban J connectivity index is 1.68. The highest BCUT2D eigenvalue weighted by Crippen LogP contribution is 2.23. The van der Waals surface area contributed by atoms with E-state index in [1.807, 2.05) is 17.0 Å². The number of pyridine rings is 1. The number of rotatable bonds is 2. The normalized spacial score (nSPS) is 16.9. The zero-order valence-corrected chi connectivity index (χ0v) is 16.2. The van der Waals surface area contributed by atoms with E-state index in [2.05, 4.69) is 15.6 Å². The summed E-state index contributed by atoms with van der Waals surface area (Å²) in [5.74, 6) is 0.168. The van der Waals surface area contributed by atoms with Gasteiger partial charge in [-0.25, -0.2) is 0 Å². The first-order chi connectivity index (χ1) is 13.6. The molecule has 2 heterocycles. The number of nitrogens with zero attached hydrogens (tertiary/aromatic N) is 2. The topological polar surface area (TPSA) is 83.6 Å². The average Bonchev–Trinajstić information content (AvgIpc) is 2.69. The second-order valence-corrected chi connectivity index (χ2v) is 6.95. The molecule has 1 aliphatic rings. The number of hydrogen-bond donors (Lipinski definition) is 2. The molecule has 0 saturated carbocycles. The molecule has 2 amide bonds. The third-order valence-electron chi connectivity index (χ3n) is 4.33. The number of carbonyl (C=O) groups excluding carboxylic acids is 2. The monoisotopic (exact) mass is 402 g/mol. The molecule has 1 aromatic carbocycles. The summed E-state index contributed by atoms with van der Waals surface area (Å²) in [7, 11) is 0. The number of benzene rings is 1. The van der Waals surface area contributed by atoms with Crippen LogP contribution in [0.3, 0.4) is 0 Å². The molecule has 7 nitrogen and oxygen atoms in total. The summed E-state index contributed by atoms with van der Waals surface area (Å²) in [4.78, 5) is 30.9. The number of hydrogen-bond acceptors (Lipinski definition) is 5. The van der Waals surface area contributed by atoms with Crippen LogP contribution in [0.1, 0.15) is 22.3 Å². The molecule has 0 aliphatic carbocycles. The number of aromatic nitrogens is 1. The Morgan fingerprint density at radius 2 is 1.93 bits per heavy atom. The molecule has 0 atom stereocenters. The number of carbonyl (C=O) groups is 2. The number of nitrogens with one attached hydrogen (secondary N) is 2. The summed E-state index contributed by atoms with van der Waals surface area (Å²) in [6, 6.07) is 8.79. The maximum absolute atomic E-state index is 12.5. The molecule has 0 unspecified atom stereocenters. The van der Waals surface area contributed by atoms with Crippen LogP contribution in [-0.4, -0.2) is 54.5 Å². The average molecular weight is 403 g/mol. The van der Waals surface area contributed by atoms with Crippen molar-refractivity contribution < 1.29 is 14.3 Å². The Morgan fingerprint density at radius 3 is 2.75 bits per heavy atom. The van der Waals surface area contributed by atoms with E-state index in [1.54, 1.807) is 30.6 Å². The fourth-order valence-corrected chi connectivity index (χ4v) is 3.15. The van der Waals surface area contributed by atoms with Gasteiger partial charge in [0.1, 0.15) is 12.4 Å². The lowest BCUT2D eigenvalue weighted by Gasteiger charge is -2.22. The Morgan fingerprint density at radius 1 is 1.11 bits per heavy atom. The second-order valence-electron chi connectivity index (χ2n) is 6.51. The fraction of sp³-hybridized carbons (Fsp3) is 0.350. The number of halogens is 1. The number of fused-ring (bicyclic) bond motifs is 1. The standard InChI is InChI=1S/C20H23ClN4O3/c21-16-2-3-18-17(12-16)20(27)24-6-1-10-25(13-15-4-7-22-8-5-15)14-19(26)23-9-11-28-18/h2-5,7-8,12H,1,6,9-11,13-14H2,(H,23,26)(H,24,27). The third-order valence-corrected chi connectivity index (χ3v) is 4.56. The van der Waals surface area contributed by atoms with Crippen molar-refractivity contribution in [2.24, 2.45) is 0 Å². The molecular weight excluding hydrogens is 380 g/mol. The van der Waals surface area contributed by atoms with E-state index in [0.717, 1.165) is 5.56 Å². The predicted octanol–water partition coefficient (Wildman–Crippen LogP) is 1.87. The van der Waals surface area contributed by atoms with E-state index in [0.29, 0.717) is 48.9 Å². The summed E-state index contributed by atoms with van der Waals surface area (Å²) < 4.78 is 5.67. The van der Waals surface area contributed by atoms with Gasteiger partial charge in [-0.1, -0.05) is 11.6 Å². The SMILES string of the molecule is O=C1CN(Cc2ccncc2)CCCNC(=O)c2cc(Cl)ccc2OCCN1. The molecule has 3 rings (SSSR count). The van der Waals surface area contributed by atoms with Crippen LogP contribution in [0.2, 0.25) is 5.02 Å². The molecule has 0 spiro atoms. The van der Waals surface area contributed by atoms with Gasteiger partial charge in [0.15, 0.2) is 0 Å². The fourth-order valence-electron chi connectivity index (χ4n) is 2.98. The van der Waals surface area contributed by atoms with Crippen LogP contribution in [0.25, 0.3) is 0 Å². The molecule has 1 aromatic heterocycles. The van der Waals surface area contributed by atoms with E-state index < -0.39 is 0 Å². The quantitative estimate of drug-likeness (QED) is 0.801. The van der Waals surface area contributed by atoms with Crippen LogP contribution in [0.4, 0.5) is 0 Å². The van der Waals surface area contributed by atoms with Gasteiger partial charge in [0.25, 0.3) is 5.91 Å². The molecule has 2 N–H and O–H groups in total. The Labute approximate surface area is 169 Å². The molecule has 0 radical (unpaired) electrons. The summed E-state index contributed by atoms with van der Waals surface area (Å²) in [5, 5.41) is 6.23. The molecule has 0 fully saturated rings. The lowest BCUT2D eigenvalue weighted by Crippen LogP contribution is -2.40. The van der Waals surface area contributed by atoms with E-state index in [1.165, 1.54) is 0 Å². The lowest BCUT2D eigenvalue weighted by atomic mass is 10.2. The van der Waals surface area contributed by atoms with Crippen LogP contribution in [0.15, 0.2) is 42.7 Å². The van der Waals surface area contributed by atoms with Gasteiger partial charge in [0, 0.05) is 37.1 Å².